The van der Waals surface area contributed by atoms with Crippen LogP contribution >= 0.6 is 0 Å². The number of carbonyl (C=O) groups is 1. The Morgan fingerprint density at radius 2 is 2.03 bits per heavy atom. The van der Waals surface area contributed by atoms with Crippen LogP contribution in [0.15, 0.2) is 40.8 Å². The molecule has 2 atom stereocenters. The molecule has 32 heavy (non-hydrogen) atoms. The third-order valence-corrected chi connectivity index (χ3v) is 7.16. The van der Waals surface area contributed by atoms with Crippen LogP contribution in [0.2, 0.25) is 0 Å². The van der Waals surface area contributed by atoms with Crippen molar-refractivity contribution in [2.75, 3.05) is 44.8 Å². The fourth-order valence-electron chi connectivity index (χ4n) is 4.46. The van der Waals surface area contributed by atoms with Crippen molar-refractivity contribution in [3.05, 3.63) is 53.3 Å². The Balaban J connectivity index is 1.96. The lowest BCUT2D eigenvalue weighted by molar-refractivity contribution is 0.0964. The lowest BCUT2D eigenvalue weighted by atomic mass is 9.88. The first-order valence-corrected chi connectivity index (χ1v) is 12.2. The highest BCUT2D eigenvalue weighted by Crippen LogP contribution is 2.41. The zero-order chi connectivity index (χ0) is 23.0. The zero-order valence-electron chi connectivity index (χ0n) is 18.8. The Morgan fingerprint density at radius 3 is 2.66 bits per heavy atom. The van der Waals surface area contributed by atoms with Gasteiger partial charge < -0.3 is 19.2 Å². The minimum absolute atomic E-state index is 0.251. The van der Waals surface area contributed by atoms with Crippen molar-refractivity contribution in [2.24, 2.45) is 0 Å². The lowest BCUT2D eigenvalue weighted by Gasteiger charge is -2.32. The van der Waals surface area contributed by atoms with Gasteiger partial charge in [0.25, 0.3) is 5.91 Å². The number of carbonyl (C=O) groups excluding carboxylic acids is 1. The average Bonchev–Trinajstić information content (AvgIpc) is 3.16. The summed E-state index contributed by atoms with van der Waals surface area (Å²) < 4.78 is 33.7. The third kappa shape index (κ3) is 4.22. The number of furan rings is 1. The monoisotopic (exact) mass is 457 g/mol. The van der Waals surface area contributed by atoms with Gasteiger partial charge >= 0.3 is 0 Å². The molecule has 0 radical (unpaired) electrons. The van der Waals surface area contributed by atoms with E-state index in [-0.39, 0.29) is 17.6 Å². The molecule has 3 aromatic rings. The van der Waals surface area contributed by atoms with Gasteiger partial charge in [-0.25, -0.2) is 4.39 Å². The molecule has 0 bridgehead atoms. The second-order valence-electron chi connectivity index (χ2n) is 8.32. The fraction of sp³-hybridized carbons (Fsp3) is 0.375. The van der Waals surface area contributed by atoms with E-state index in [1.165, 1.54) is 12.1 Å². The van der Waals surface area contributed by atoms with Crippen LogP contribution in [0, 0.1) is 5.82 Å². The Bertz CT molecular complexity index is 1130. The summed E-state index contributed by atoms with van der Waals surface area (Å²) in [4.78, 5) is 15.2. The van der Waals surface area contributed by atoms with Crippen LogP contribution in [0.4, 0.5) is 10.1 Å². The minimum atomic E-state index is -1.22. The molecule has 6 nitrogen and oxygen atoms in total. The molecule has 1 N–H and O–H groups in total. The van der Waals surface area contributed by atoms with Crippen LogP contribution in [0.3, 0.4) is 0 Å². The number of anilines is 1. The van der Waals surface area contributed by atoms with Crippen molar-refractivity contribution >= 4 is 33.9 Å². The molecule has 2 heterocycles. The molecule has 1 aliphatic heterocycles. The largest absolute Gasteiger partial charge is 0.593 e. The summed E-state index contributed by atoms with van der Waals surface area (Å²) in [5.74, 6) is 0.0173. The van der Waals surface area contributed by atoms with Crippen LogP contribution in [-0.4, -0.2) is 55.8 Å². The van der Waals surface area contributed by atoms with Crippen molar-refractivity contribution in [2.45, 2.75) is 18.8 Å². The SMILES string of the molecule is CNC(=O)c1c(-c2ccc(F)cc2)oc2cc(N(C)[S+](C)[O-])c([C@@H]3CCCN(C)C3)cc12. The predicted molar refractivity (Wildman–Crippen MR) is 127 cm³/mol. The van der Waals surface area contributed by atoms with E-state index in [2.05, 4.69) is 17.3 Å². The Labute approximate surface area is 190 Å². The maximum absolute atomic E-state index is 13.5. The quantitative estimate of drug-likeness (QED) is 0.583. The second kappa shape index (κ2) is 9.13. The zero-order valence-corrected chi connectivity index (χ0v) is 19.6. The van der Waals surface area contributed by atoms with Gasteiger partial charge in [-0.15, -0.1) is 0 Å². The van der Waals surface area contributed by atoms with Gasteiger partial charge in [0.2, 0.25) is 0 Å². The smallest absolute Gasteiger partial charge is 0.255 e. The van der Waals surface area contributed by atoms with Crippen molar-refractivity contribution in [1.29, 1.82) is 0 Å². The molecule has 0 saturated carbocycles. The van der Waals surface area contributed by atoms with E-state index in [1.807, 2.05) is 12.1 Å². The number of amides is 1. The highest BCUT2D eigenvalue weighted by Gasteiger charge is 2.29. The Kier molecular flexibility index (Phi) is 6.46. The first kappa shape index (κ1) is 22.6. The van der Waals surface area contributed by atoms with E-state index in [0.29, 0.717) is 27.9 Å². The summed E-state index contributed by atoms with van der Waals surface area (Å²) in [7, 11) is 5.48. The maximum atomic E-state index is 13.5. The number of nitrogens with zero attached hydrogens (tertiary/aromatic N) is 2. The van der Waals surface area contributed by atoms with E-state index in [1.54, 1.807) is 36.8 Å². The summed E-state index contributed by atoms with van der Waals surface area (Å²) in [6.45, 7) is 1.94. The molecule has 1 saturated heterocycles. The molecule has 4 rings (SSSR count). The average molecular weight is 458 g/mol. The third-order valence-electron chi connectivity index (χ3n) is 6.19. The number of hydrogen-bond donors (Lipinski definition) is 1. The fourth-order valence-corrected chi connectivity index (χ4v) is 4.90. The number of likely N-dealkylation sites (N-methyl/N-ethyl adjacent to an activating group) is 1. The molecule has 1 aliphatic rings. The van der Waals surface area contributed by atoms with Crippen LogP contribution in [-0.2, 0) is 11.4 Å². The van der Waals surface area contributed by atoms with Gasteiger partial charge in [0.05, 0.1) is 29.7 Å². The topological polar surface area (TPSA) is 71.8 Å². The highest BCUT2D eigenvalue weighted by molar-refractivity contribution is 7.92. The normalized spacial score (nSPS) is 18.0. The Hall–Kier alpha value is -2.55. The van der Waals surface area contributed by atoms with Gasteiger partial charge in [-0.3, -0.25) is 4.79 Å². The molecular weight excluding hydrogens is 429 g/mol. The van der Waals surface area contributed by atoms with E-state index in [9.17, 15) is 13.7 Å². The van der Waals surface area contributed by atoms with Crippen molar-refractivity contribution in [3.8, 4) is 11.3 Å². The highest BCUT2D eigenvalue weighted by atomic mass is 32.2. The lowest BCUT2D eigenvalue weighted by Crippen LogP contribution is -2.32. The summed E-state index contributed by atoms with van der Waals surface area (Å²) >= 11 is -1.22. The number of rotatable bonds is 5. The molecule has 2 aromatic carbocycles. The number of nitrogens with one attached hydrogen (secondary N) is 1. The second-order valence-corrected chi connectivity index (χ2v) is 9.72. The molecule has 0 aliphatic carbocycles. The molecule has 1 aromatic heterocycles. The maximum Gasteiger partial charge on any atom is 0.255 e. The first-order chi connectivity index (χ1) is 15.3. The standard InChI is InChI=1S/C24H28FN3O3S/c1-26-24(29)22-19-12-18(16-6-5-11-27(2)14-16)20(28(3)32(4)30)13-21(19)31-23(22)15-7-9-17(25)10-8-15/h7-10,12-13,16H,5-6,11,14H2,1-4H3,(H,26,29)/t16-,32?/m1/s1. The first-order valence-electron chi connectivity index (χ1n) is 10.6. The summed E-state index contributed by atoms with van der Waals surface area (Å²) in [6, 6.07) is 9.78. The van der Waals surface area contributed by atoms with Gasteiger partial charge in [0, 0.05) is 30.6 Å². The summed E-state index contributed by atoms with van der Waals surface area (Å²) in [6.07, 6.45) is 3.74. The van der Waals surface area contributed by atoms with Crippen LogP contribution in [0.5, 0.6) is 0 Å². The molecule has 8 heteroatoms. The van der Waals surface area contributed by atoms with Crippen molar-refractivity contribution in [3.63, 3.8) is 0 Å². The molecule has 0 spiro atoms. The van der Waals surface area contributed by atoms with Crippen molar-refractivity contribution in [1.82, 2.24) is 10.2 Å². The van der Waals surface area contributed by atoms with Crippen LogP contribution in [0.1, 0.15) is 34.7 Å². The summed E-state index contributed by atoms with van der Waals surface area (Å²) in [5.41, 5.74) is 3.46. The van der Waals surface area contributed by atoms with E-state index in [0.717, 1.165) is 37.2 Å². The van der Waals surface area contributed by atoms with Gasteiger partial charge in [-0.2, -0.15) is 4.31 Å². The minimum Gasteiger partial charge on any atom is -0.593 e. The number of piperidine rings is 1. The van der Waals surface area contributed by atoms with Gasteiger partial charge in [0.1, 0.15) is 23.4 Å². The van der Waals surface area contributed by atoms with Gasteiger partial charge in [0.15, 0.2) is 0 Å². The number of halogens is 1. The van der Waals surface area contributed by atoms with Crippen LogP contribution in [0.25, 0.3) is 22.3 Å². The molecule has 1 amide bonds. The number of benzene rings is 2. The molecular formula is C24H28FN3O3S. The number of likely N-dealkylation sites (tertiary alicyclic amines) is 1. The van der Waals surface area contributed by atoms with E-state index < -0.39 is 11.4 Å². The van der Waals surface area contributed by atoms with Crippen molar-refractivity contribution < 1.29 is 18.2 Å². The number of fused-ring (bicyclic) bond motifs is 1. The Morgan fingerprint density at radius 1 is 1.31 bits per heavy atom. The number of hydrogen-bond acceptors (Lipinski definition) is 5. The summed E-state index contributed by atoms with van der Waals surface area (Å²) in [5, 5.41) is 3.40. The molecule has 170 valence electrons. The van der Waals surface area contributed by atoms with Crippen LogP contribution < -0.4 is 9.62 Å². The van der Waals surface area contributed by atoms with Gasteiger partial charge in [-0.05, 0) is 68.2 Å². The molecule has 1 fully saturated rings. The van der Waals surface area contributed by atoms with E-state index >= 15 is 0 Å². The predicted octanol–water partition coefficient (Wildman–Crippen LogP) is 4.14. The molecule has 1 unspecified atom stereocenters. The van der Waals surface area contributed by atoms with E-state index in [4.69, 9.17) is 4.42 Å². The van der Waals surface area contributed by atoms with Gasteiger partial charge in [-0.1, -0.05) is 0 Å².